The number of carbonyl (C=O) groups is 1. The zero-order valence-corrected chi connectivity index (χ0v) is 11.5. The van der Waals surface area contributed by atoms with Crippen molar-refractivity contribution in [3.05, 3.63) is 72.3 Å². The highest BCUT2D eigenvalue weighted by atomic mass is 16.1. The van der Waals surface area contributed by atoms with Crippen LogP contribution in [0.15, 0.2) is 66.7 Å². The van der Waals surface area contributed by atoms with Gasteiger partial charge in [-0.2, -0.15) is 0 Å². The smallest absolute Gasteiger partial charge is 0.241 e. The molecule has 20 heavy (non-hydrogen) atoms. The van der Waals surface area contributed by atoms with Crippen LogP contribution in [0.4, 0.5) is 0 Å². The van der Waals surface area contributed by atoms with Crippen LogP contribution in [-0.4, -0.2) is 5.91 Å². The monoisotopic (exact) mass is 265 g/mol. The molecule has 0 unspecified atom stereocenters. The van der Waals surface area contributed by atoms with Crippen LogP contribution in [0.1, 0.15) is 18.4 Å². The summed E-state index contributed by atoms with van der Waals surface area (Å²) < 4.78 is 0. The summed E-state index contributed by atoms with van der Waals surface area (Å²) in [5, 5.41) is 0. The lowest BCUT2D eigenvalue weighted by Gasteiger charge is -2.04. The van der Waals surface area contributed by atoms with Crippen molar-refractivity contribution >= 4 is 5.91 Å². The van der Waals surface area contributed by atoms with Crippen molar-refractivity contribution in [2.24, 2.45) is 5.73 Å². The highest BCUT2D eigenvalue weighted by Gasteiger charge is 1.97. The largest absolute Gasteiger partial charge is 0.366 e. The Balaban J connectivity index is 1.88. The predicted molar refractivity (Wildman–Crippen MR) is 83.2 cm³/mol. The second-order valence-electron chi connectivity index (χ2n) is 4.76. The molecule has 0 heterocycles. The molecule has 0 aliphatic heterocycles. The second-order valence-corrected chi connectivity index (χ2v) is 4.76. The Labute approximate surface area is 119 Å². The number of benzene rings is 2. The number of nitrogens with two attached hydrogens (primary N) is 1. The van der Waals surface area contributed by atoms with Crippen molar-refractivity contribution in [2.45, 2.75) is 19.3 Å². The van der Waals surface area contributed by atoms with Crippen LogP contribution in [0.25, 0.3) is 11.1 Å². The molecule has 2 aromatic carbocycles. The van der Waals surface area contributed by atoms with E-state index in [1.165, 1.54) is 22.8 Å². The molecule has 0 aromatic heterocycles. The summed E-state index contributed by atoms with van der Waals surface area (Å²) in [5.74, 6) is -0.378. The van der Waals surface area contributed by atoms with Crippen LogP contribution in [0.2, 0.25) is 0 Å². The maximum Gasteiger partial charge on any atom is 0.241 e. The molecular weight excluding hydrogens is 246 g/mol. The zero-order chi connectivity index (χ0) is 14.2. The molecule has 0 bridgehead atoms. The zero-order valence-electron chi connectivity index (χ0n) is 11.5. The molecule has 102 valence electrons. The summed E-state index contributed by atoms with van der Waals surface area (Å²) in [7, 11) is 0. The SMILES string of the molecule is NC(=O)/C=C\CCCc1ccc(-c2ccccc2)cc1. The van der Waals surface area contributed by atoms with Crippen LogP contribution in [0.3, 0.4) is 0 Å². The lowest BCUT2D eigenvalue weighted by molar-refractivity contribution is -0.113. The summed E-state index contributed by atoms with van der Waals surface area (Å²) >= 11 is 0. The van der Waals surface area contributed by atoms with E-state index in [9.17, 15) is 4.79 Å². The first kappa shape index (κ1) is 14.1. The summed E-state index contributed by atoms with van der Waals surface area (Å²) in [4.78, 5) is 10.5. The summed E-state index contributed by atoms with van der Waals surface area (Å²) in [6.45, 7) is 0. The number of carbonyl (C=O) groups excluding carboxylic acids is 1. The summed E-state index contributed by atoms with van der Waals surface area (Å²) in [5.41, 5.74) is 8.83. The summed E-state index contributed by atoms with van der Waals surface area (Å²) in [6, 6.07) is 19.0. The predicted octanol–water partition coefficient (Wildman–Crippen LogP) is 3.72. The van der Waals surface area contributed by atoms with Gasteiger partial charge in [-0.25, -0.2) is 0 Å². The maximum absolute atomic E-state index is 10.5. The molecule has 2 rings (SSSR count). The third kappa shape index (κ3) is 4.39. The second kappa shape index (κ2) is 7.29. The van der Waals surface area contributed by atoms with Gasteiger partial charge in [0.1, 0.15) is 0 Å². The maximum atomic E-state index is 10.5. The number of rotatable bonds is 6. The van der Waals surface area contributed by atoms with E-state index in [1.807, 2.05) is 24.3 Å². The van der Waals surface area contributed by atoms with Gasteiger partial charge in [0.15, 0.2) is 0 Å². The lowest BCUT2D eigenvalue weighted by atomic mass is 10.0. The van der Waals surface area contributed by atoms with Crippen LogP contribution >= 0.6 is 0 Å². The van der Waals surface area contributed by atoms with Crippen molar-refractivity contribution in [3.8, 4) is 11.1 Å². The van der Waals surface area contributed by atoms with Crippen molar-refractivity contribution in [1.82, 2.24) is 0 Å². The minimum Gasteiger partial charge on any atom is -0.366 e. The molecule has 0 aliphatic carbocycles. The van der Waals surface area contributed by atoms with Gasteiger partial charge < -0.3 is 5.73 Å². The number of primary amides is 1. The molecule has 2 N–H and O–H groups in total. The van der Waals surface area contributed by atoms with Gasteiger partial charge >= 0.3 is 0 Å². The molecule has 1 amide bonds. The van der Waals surface area contributed by atoms with Crippen LogP contribution in [-0.2, 0) is 11.2 Å². The fourth-order valence-corrected chi connectivity index (χ4v) is 2.12. The van der Waals surface area contributed by atoms with E-state index in [4.69, 9.17) is 5.73 Å². The fraction of sp³-hybridized carbons (Fsp3) is 0.167. The Hall–Kier alpha value is -2.35. The van der Waals surface area contributed by atoms with Crippen LogP contribution in [0, 0.1) is 0 Å². The Kier molecular flexibility index (Phi) is 5.13. The molecule has 2 aromatic rings. The molecule has 2 nitrogen and oxygen atoms in total. The average molecular weight is 265 g/mol. The van der Waals surface area contributed by atoms with E-state index in [0.717, 1.165) is 19.3 Å². The molecule has 0 atom stereocenters. The van der Waals surface area contributed by atoms with Crippen LogP contribution < -0.4 is 5.73 Å². The van der Waals surface area contributed by atoms with Crippen molar-refractivity contribution in [3.63, 3.8) is 0 Å². The van der Waals surface area contributed by atoms with Gasteiger partial charge in [0.25, 0.3) is 0 Å². The Morgan fingerprint density at radius 2 is 1.60 bits per heavy atom. The Morgan fingerprint density at radius 3 is 2.25 bits per heavy atom. The van der Waals surface area contributed by atoms with E-state index in [1.54, 1.807) is 0 Å². The molecule has 0 saturated carbocycles. The Morgan fingerprint density at radius 1 is 0.950 bits per heavy atom. The number of allylic oxidation sites excluding steroid dienone is 1. The average Bonchev–Trinajstić information content (AvgIpc) is 2.48. The topological polar surface area (TPSA) is 43.1 Å². The van der Waals surface area contributed by atoms with Crippen molar-refractivity contribution in [2.75, 3.05) is 0 Å². The first-order valence-corrected chi connectivity index (χ1v) is 6.86. The number of unbranched alkanes of at least 4 members (excludes halogenated alkanes) is 1. The molecule has 0 aliphatic rings. The van der Waals surface area contributed by atoms with E-state index in [2.05, 4.69) is 36.4 Å². The third-order valence-corrected chi connectivity index (χ3v) is 3.18. The molecule has 2 heteroatoms. The molecule has 0 radical (unpaired) electrons. The molecule has 0 fully saturated rings. The Bertz CT molecular complexity index is 570. The molecular formula is C18H19NO. The van der Waals surface area contributed by atoms with Crippen LogP contribution in [0.5, 0.6) is 0 Å². The standard InChI is InChI=1S/C18H19NO/c19-18(20)10-6-1-3-7-15-11-13-17(14-12-15)16-8-4-2-5-9-16/h2,4-6,8-14H,1,3,7H2,(H2,19,20)/b10-6-. The fourth-order valence-electron chi connectivity index (χ4n) is 2.12. The quantitative estimate of drug-likeness (QED) is 0.628. The minimum absolute atomic E-state index is 0.378. The number of hydrogen-bond acceptors (Lipinski definition) is 1. The van der Waals surface area contributed by atoms with E-state index >= 15 is 0 Å². The number of amides is 1. The van der Waals surface area contributed by atoms with Crippen molar-refractivity contribution < 1.29 is 4.79 Å². The first-order valence-electron chi connectivity index (χ1n) is 6.86. The molecule has 0 spiro atoms. The van der Waals surface area contributed by atoms with Gasteiger partial charge in [0, 0.05) is 0 Å². The van der Waals surface area contributed by atoms with Gasteiger partial charge in [-0.05, 0) is 42.0 Å². The van der Waals surface area contributed by atoms with Gasteiger partial charge in [-0.15, -0.1) is 0 Å². The normalized spacial score (nSPS) is 10.8. The van der Waals surface area contributed by atoms with Gasteiger partial charge in [0.2, 0.25) is 5.91 Å². The minimum atomic E-state index is -0.378. The highest BCUT2D eigenvalue weighted by Crippen LogP contribution is 2.19. The van der Waals surface area contributed by atoms with Gasteiger partial charge in [-0.3, -0.25) is 4.79 Å². The number of aryl methyl sites for hydroxylation is 1. The number of hydrogen-bond donors (Lipinski definition) is 1. The van der Waals surface area contributed by atoms with Crippen molar-refractivity contribution in [1.29, 1.82) is 0 Å². The van der Waals surface area contributed by atoms with E-state index in [-0.39, 0.29) is 5.91 Å². The van der Waals surface area contributed by atoms with E-state index < -0.39 is 0 Å². The van der Waals surface area contributed by atoms with Gasteiger partial charge in [-0.1, -0.05) is 60.7 Å². The summed E-state index contributed by atoms with van der Waals surface area (Å²) in [6.07, 6.45) is 6.18. The highest BCUT2D eigenvalue weighted by molar-refractivity contribution is 5.85. The third-order valence-electron chi connectivity index (χ3n) is 3.18. The first-order chi connectivity index (χ1) is 9.75. The lowest BCUT2D eigenvalue weighted by Crippen LogP contribution is -2.05. The van der Waals surface area contributed by atoms with Gasteiger partial charge in [0.05, 0.1) is 0 Å². The molecule has 0 saturated heterocycles. The van der Waals surface area contributed by atoms with E-state index in [0.29, 0.717) is 0 Å².